The van der Waals surface area contributed by atoms with Crippen molar-refractivity contribution in [2.75, 3.05) is 52.5 Å². The molecule has 0 aliphatic carbocycles. The summed E-state index contributed by atoms with van der Waals surface area (Å²) in [6.07, 6.45) is 0. The SMILES string of the molecule is CCNC(=NCc1ccccc1COCC)NCC(C)(O)CN1CCOCC1.I. The van der Waals surface area contributed by atoms with Crippen molar-refractivity contribution in [2.45, 2.75) is 39.5 Å². The van der Waals surface area contributed by atoms with E-state index in [0.717, 1.165) is 44.0 Å². The molecule has 1 heterocycles. The summed E-state index contributed by atoms with van der Waals surface area (Å²) in [6, 6.07) is 8.20. The van der Waals surface area contributed by atoms with Gasteiger partial charge < -0.3 is 25.2 Å². The Balaban J connectivity index is 0.00000420. The second-order valence-electron chi connectivity index (χ2n) is 7.34. The molecule has 1 unspecified atom stereocenters. The fourth-order valence-electron chi connectivity index (χ4n) is 3.14. The number of morpholine rings is 1. The minimum absolute atomic E-state index is 0. The van der Waals surface area contributed by atoms with Crippen LogP contribution in [0.1, 0.15) is 31.9 Å². The summed E-state index contributed by atoms with van der Waals surface area (Å²) in [5, 5.41) is 17.3. The van der Waals surface area contributed by atoms with Gasteiger partial charge in [0.25, 0.3) is 0 Å². The lowest BCUT2D eigenvalue weighted by Gasteiger charge is -2.34. The zero-order valence-electron chi connectivity index (χ0n) is 17.9. The first-order valence-corrected chi connectivity index (χ1v) is 10.2. The number of ether oxygens (including phenoxy) is 2. The number of rotatable bonds is 10. The van der Waals surface area contributed by atoms with Crippen molar-refractivity contribution in [2.24, 2.45) is 4.99 Å². The third-order valence-corrected chi connectivity index (χ3v) is 4.64. The van der Waals surface area contributed by atoms with Crippen LogP contribution in [0.2, 0.25) is 0 Å². The molecule has 0 spiro atoms. The molecule has 1 fully saturated rings. The predicted octanol–water partition coefficient (Wildman–Crippen LogP) is 1.98. The molecule has 166 valence electrons. The molecule has 0 bridgehead atoms. The van der Waals surface area contributed by atoms with Gasteiger partial charge in [0.1, 0.15) is 0 Å². The molecule has 1 atom stereocenters. The normalized spacial score (nSPS) is 17.3. The van der Waals surface area contributed by atoms with Gasteiger partial charge in [0.05, 0.1) is 32.0 Å². The minimum Gasteiger partial charge on any atom is -0.387 e. The van der Waals surface area contributed by atoms with Crippen LogP contribution in [0, 0.1) is 0 Å². The summed E-state index contributed by atoms with van der Waals surface area (Å²) in [6.45, 7) is 12.7. The Morgan fingerprint density at radius 2 is 1.90 bits per heavy atom. The second-order valence-corrected chi connectivity index (χ2v) is 7.34. The summed E-state index contributed by atoms with van der Waals surface area (Å²) in [5.74, 6) is 0.705. The summed E-state index contributed by atoms with van der Waals surface area (Å²) in [7, 11) is 0. The Kier molecular flexibility index (Phi) is 12.7. The van der Waals surface area contributed by atoms with E-state index in [1.807, 2.05) is 32.9 Å². The van der Waals surface area contributed by atoms with Gasteiger partial charge >= 0.3 is 0 Å². The molecule has 2 rings (SSSR count). The first-order valence-electron chi connectivity index (χ1n) is 10.2. The average Bonchev–Trinajstić information content (AvgIpc) is 2.69. The predicted molar refractivity (Wildman–Crippen MR) is 128 cm³/mol. The van der Waals surface area contributed by atoms with Crippen LogP contribution < -0.4 is 10.6 Å². The highest BCUT2D eigenvalue weighted by molar-refractivity contribution is 14.0. The highest BCUT2D eigenvalue weighted by Crippen LogP contribution is 2.12. The number of aliphatic hydroxyl groups is 1. The summed E-state index contributed by atoms with van der Waals surface area (Å²) in [4.78, 5) is 6.93. The van der Waals surface area contributed by atoms with Crippen LogP contribution in [-0.4, -0.2) is 74.1 Å². The van der Waals surface area contributed by atoms with Crippen molar-refractivity contribution >= 4 is 29.9 Å². The lowest BCUT2D eigenvalue weighted by atomic mass is 10.1. The van der Waals surface area contributed by atoms with Crippen molar-refractivity contribution in [3.63, 3.8) is 0 Å². The largest absolute Gasteiger partial charge is 0.387 e. The molecule has 0 aromatic heterocycles. The van der Waals surface area contributed by atoms with E-state index >= 15 is 0 Å². The molecule has 7 nitrogen and oxygen atoms in total. The highest BCUT2D eigenvalue weighted by Gasteiger charge is 2.25. The van der Waals surface area contributed by atoms with Crippen molar-refractivity contribution < 1.29 is 14.6 Å². The highest BCUT2D eigenvalue weighted by atomic mass is 127. The molecule has 0 amide bonds. The maximum absolute atomic E-state index is 10.8. The Labute approximate surface area is 192 Å². The quantitative estimate of drug-likeness (QED) is 0.249. The molecule has 1 aliphatic rings. The molecule has 8 heteroatoms. The number of β-amino-alcohol motifs (C(OH)–C–C–N with tert-alkyl or cyclic N) is 1. The van der Waals surface area contributed by atoms with Gasteiger partial charge in [0.15, 0.2) is 5.96 Å². The van der Waals surface area contributed by atoms with Crippen LogP contribution >= 0.6 is 24.0 Å². The smallest absolute Gasteiger partial charge is 0.191 e. The standard InChI is InChI=1S/C21H36N4O3.HI/c1-4-22-20(23-14-18-8-6-7-9-19(18)15-27-5-2)24-16-21(3,26)17-25-10-12-28-13-11-25;/h6-9,26H,4-5,10-17H2,1-3H3,(H2,22,23,24);1H. The van der Waals surface area contributed by atoms with Crippen LogP contribution in [0.25, 0.3) is 0 Å². The number of halogens is 1. The molecular formula is C21H37IN4O3. The Hall–Kier alpha value is -0.940. The second kappa shape index (κ2) is 14.1. The van der Waals surface area contributed by atoms with Crippen molar-refractivity contribution in [3.8, 4) is 0 Å². The topological polar surface area (TPSA) is 78.4 Å². The molecular weight excluding hydrogens is 483 g/mol. The van der Waals surface area contributed by atoms with E-state index in [4.69, 9.17) is 14.5 Å². The third-order valence-electron chi connectivity index (χ3n) is 4.64. The van der Waals surface area contributed by atoms with Crippen LogP contribution in [0.15, 0.2) is 29.3 Å². The number of aliphatic imine (C=N–C) groups is 1. The van der Waals surface area contributed by atoms with Crippen molar-refractivity contribution in [1.82, 2.24) is 15.5 Å². The van der Waals surface area contributed by atoms with Gasteiger partial charge in [-0.1, -0.05) is 24.3 Å². The van der Waals surface area contributed by atoms with Crippen LogP contribution in [0.5, 0.6) is 0 Å². The summed E-state index contributed by atoms with van der Waals surface area (Å²) in [5.41, 5.74) is 1.46. The van der Waals surface area contributed by atoms with Crippen LogP contribution in [-0.2, 0) is 22.6 Å². The van der Waals surface area contributed by atoms with E-state index in [9.17, 15) is 5.11 Å². The Morgan fingerprint density at radius 3 is 2.55 bits per heavy atom. The van der Waals surface area contributed by atoms with E-state index < -0.39 is 5.60 Å². The van der Waals surface area contributed by atoms with E-state index in [-0.39, 0.29) is 24.0 Å². The lowest BCUT2D eigenvalue weighted by Crippen LogP contribution is -2.52. The third kappa shape index (κ3) is 10.1. The van der Waals surface area contributed by atoms with E-state index in [1.165, 1.54) is 0 Å². The Bertz CT molecular complexity index is 607. The fraction of sp³-hybridized carbons (Fsp3) is 0.667. The van der Waals surface area contributed by atoms with Gasteiger partial charge in [-0.25, -0.2) is 4.99 Å². The minimum atomic E-state index is -0.847. The van der Waals surface area contributed by atoms with Crippen LogP contribution in [0.3, 0.4) is 0 Å². The molecule has 1 saturated heterocycles. The maximum atomic E-state index is 10.8. The van der Waals surface area contributed by atoms with Gasteiger partial charge in [-0.2, -0.15) is 0 Å². The molecule has 29 heavy (non-hydrogen) atoms. The first kappa shape index (κ1) is 26.1. The number of hydrogen-bond acceptors (Lipinski definition) is 5. The van der Waals surface area contributed by atoms with E-state index in [2.05, 4.69) is 27.7 Å². The van der Waals surface area contributed by atoms with Gasteiger partial charge in [0.2, 0.25) is 0 Å². The van der Waals surface area contributed by atoms with Gasteiger partial charge in [-0.3, -0.25) is 4.90 Å². The molecule has 3 N–H and O–H groups in total. The van der Waals surface area contributed by atoms with Gasteiger partial charge in [0, 0.05) is 39.3 Å². The molecule has 0 radical (unpaired) electrons. The molecule has 0 saturated carbocycles. The van der Waals surface area contributed by atoms with E-state index in [0.29, 0.717) is 38.8 Å². The monoisotopic (exact) mass is 520 g/mol. The van der Waals surface area contributed by atoms with Gasteiger partial charge in [-0.05, 0) is 31.9 Å². The summed E-state index contributed by atoms with van der Waals surface area (Å²) < 4.78 is 10.9. The number of guanidine groups is 1. The molecule has 1 aromatic carbocycles. The number of nitrogens with zero attached hydrogens (tertiary/aromatic N) is 2. The average molecular weight is 520 g/mol. The zero-order chi connectivity index (χ0) is 20.2. The fourth-order valence-corrected chi connectivity index (χ4v) is 3.14. The zero-order valence-corrected chi connectivity index (χ0v) is 20.3. The lowest BCUT2D eigenvalue weighted by molar-refractivity contribution is -0.0201. The number of benzene rings is 1. The maximum Gasteiger partial charge on any atom is 0.191 e. The van der Waals surface area contributed by atoms with Gasteiger partial charge in [-0.15, -0.1) is 24.0 Å². The molecule has 1 aliphatic heterocycles. The Morgan fingerprint density at radius 1 is 1.21 bits per heavy atom. The van der Waals surface area contributed by atoms with E-state index in [1.54, 1.807) is 0 Å². The first-order chi connectivity index (χ1) is 13.5. The van der Waals surface area contributed by atoms with Crippen molar-refractivity contribution in [3.05, 3.63) is 35.4 Å². The van der Waals surface area contributed by atoms with Crippen molar-refractivity contribution in [1.29, 1.82) is 0 Å². The number of hydrogen-bond donors (Lipinski definition) is 3. The summed E-state index contributed by atoms with van der Waals surface area (Å²) >= 11 is 0. The molecule has 1 aromatic rings. The van der Waals surface area contributed by atoms with Crippen LogP contribution in [0.4, 0.5) is 0 Å². The number of nitrogens with one attached hydrogen (secondary N) is 2.